The van der Waals surface area contributed by atoms with E-state index in [1.807, 2.05) is 24.3 Å². The maximum absolute atomic E-state index is 12.3. The minimum Gasteiger partial charge on any atom is -0.379 e. The number of nitrogens with zero attached hydrogens (tertiary/aromatic N) is 2. The molecule has 0 spiro atoms. The number of fused-ring (bicyclic) bond motifs is 1. The summed E-state index contributed by atoms with van der Waals surface area (Å²) in [4.78, 5) is 12.3. The maximum atomic E-state index is 12.3. The predicted molar refractivity (Wildman–Crippen MR) is 89.2 cm³/mol. The molecule has 0 unspecified atom stereocenters. The fourth-order valence-corrected chi connectivity index (χ4v) is 2.60. The van der Waals surface area contributed by atoms with Gasteiger partial charge in [0.15, 0.2) is 0 Å². The molecule has 0 aliphatic rings. The molecule has 1 atom stereocenters. The Morgan fingerprint density at radius 3 is 2.82 bits per heavy atom. The van der Waals surface area contributed by atoms with Crippen LogP contribution >= 0.6 is 0 Å². The van der Waals surface area contributed by atoms with Crippen LogP contribution in [-0.2, 0) is 11.3 Å². The first kappa shape index (κ1) is 16.6. The van der Waals surface area contributed by atoms with Crippen LogP contribution in [0.2, 0.25) is 0 Å². The van der Waals surface area contributed by atoms with Crippen molar-refractivity contribution in [1.29, 1.82) is 0 Å². The number of hydrogen-bond acceptors (Lipinski definition) is 4. The molecule has 5 nitrogen and oxygen atoms in total. The van der Waals surface area contributed by atoms with Crippen molar-refractivity contribution in [3.8, 4) is 0 Å². The van der Waals surface area contributed by atoms with E-state index in [0.717, 1.165) is 11.8 Å². The Balaban J connectivity index is 1.95. The molecule has 0 aliphatic heterocycles. The Hall–Kier alpha value is -1.72. The Bertz CT molecular complexity index is 679. The molecule has 0 radical (unpaired) electrons. The van der Waals surface area contributed by atoms with Gasteiger partial charge in [0.2, 0.25) is 0 Å². The Morgan fingerprint density at radius 2 is 2.09 bits per heavy atom. The highest BCUT2D eigenvalue weighted by atomic mass is 16.5. The lowest BCUT2D eigenvalue weighted by molar-refractivity contribution is 0.00854. The van der Waals surface area contributed by atoms with Gasteiger partial charge in [0.1, 0.15) is 0 Å². The number of rotatable bonds is 7. The van der Waals surface area contributed by atoms with Crippen molar-refractivity contribution in [1.82, 2.24) is 15.1 Å². The predicted octanol–water partition coefficient (Wildman–Crippen LogP) is 2.19. The second-order valence-electron chi connectivity index (χ2n) is 6.28. The topological polar surface area (TPSA) is 56.1 Å². The molecule has 1 aromatic carbocycles. The quantitative estimate of drug-likeness (QED) is 0.852. The first-order valence-corrected chi connectivity index (χ1v) is 7.66. The van der Waals surface area contributed by atoms with Crippen LogP contribution in [0.4, 0.5) is 0 Å². The average molecular weight is 303 g/mol. The minimum absolute atomic E-state index is 0.0372. The third-order valence-corrected chi connectivity index (χ3v) is 3.93. The van der Waals surface area contributed by atoms with Crippen molar-refractivity contribution in [2.45, 2.75) is 45.4 Å². The molecule has 1 N–H and O–H groups in total. The van der Waals surface area contributed by atoms with E-state index in [2.05, 4.69) is 31.2 Å². The normalized spacial score (nSPS) is 13.5. The van der Waals surface area contributed by atoms with Gasteiger partial charge in [0.05, 0.1) is 23.7 Å². The monoisotopic (exact) mass is 303 g/mol. The van der Waals surface area contributed by atoms with E-state index >= 15 is 0 Å². The second kappa shape index (κ2) is 7.03. The molecule has 2 aromatic rings. The van der Waals surface area contributed by atoms with E-state index in [0.29, 0.717) is 24.5 Å². The van der Waals surface area contributed by atoms with Gasteiger partial charge in [-0.25, -0.2) is 4.68 Å². The van der Waals surface area contributed by atoms with Gasteiger partial charge in [-0.15, -0.1) is 0 Å². The number of nitrogens with one attached hydrogen (secondary N) is 1. The number of aromatic nitrogens is 2. The van der Waals surface area contributed by atoms with Crippen LogP contribution < -0.4 is 10.9 Å². The van der Waals surface area contributed by atoms with Crippen molar-refractivity contribution in [3.05, 3.63) is 40.8 Å². The van der Waals surface area contributed by atoms with E-state index in [1.165, 1.54) is 4.68 Å². The summed E-state index contributed by atoms with van der Waals surface area (Å²) in [5, 5.41) is 9.25. The zero-order valence-electron chi connectivity index (χ0n) is 13.8. The van der Waals surface area contributed by atoms with Crippen molar-refractivity contribution < 1.29 is 4.74 Å². The second-order valence-corrected chi connectivity index (χ2v) is 6.28. The van der Waals surface area contributed by atoms with Gasteiger partial charge in [-0.05, 0) is 33.3 Å². The van der Waals surface area contributed by atoms with Gasteiger partial charge in [-0.2, -0.15) is 5.10 Å². The van der Waals surface area contributed by atoms with E-state index in [4.69, 9.17) is 4.74 Å². The van der Waals surface area contributed by atoms with Crippen molar-refractivity contribution in [3.63, 3.8) is 0 Å². The van der Waals surface area contributed by atoms with Crippen LogP contribution in [0.15, 0.2) is 35.3 Å². The number of hydrogen-bond donors (Lipinski definition) is 1. The zero-order valence-corrected chi connectivity index (χ0v) is 13.8. The molecule has 22 heavy (non-hydrogen) atoms. The largest absolute Gasteiger partial charge is 0.379 e. The molecule has 1 aromatic heterocycles. The van der Waals surface area contributed by atoms with Crippen LogP contribution in [-0.4, -0.2) is 35.1 Å². The number of ether oxygens (including phenoxy) is 1. The van der Waals surface area contributed by atoms with Crippen LogP contribution in [0.3, 0.4) is 0 Å². The molecule has 0 amide bonds. The van der Waals surface area contributed by atoms with Crippen molar-refractivity contribution in [2.75, 3.05) is 13.7 Å². The van der Waals surface area contributed by atoms with Crippen LogP contribution in [0, 0.1) is 0 Å². The summed E-state index contributed by atoms with van der Waals surface area (Å²) in [5.74, 6) is 0. The molecule has 0 bridgehead atoms. The highest BCUT2D eigenvalue weighted by Gasteiger charge is 2.19. The van der Waals surface area contributed by atoms with Gasteiger partial charge >= 0.3 is 0 Å². The summed E-state index contributed by atoms with van der Waals surface area (Å²) in [7, 11) is 1.73. The van der Waals surface area contributed by atoms with Gasteiger partial charge in [0.25, 0.3) is 5.56 Å². The lowest BCUT2D eigenvalue weighted by Crippen LogP contribution is -2.38. The molecule has 1 heterocycles. The molecule has 120 valence electrons. The fraction of sp³-hybridized carbons (Fsp3) is 0.529. The van der Waals surface area contributed by atoms with Crippen LogP contribution in [0.25, 0.3) is 10.8 Å². The average Bonchev–Trinajstić information content (AvgIpc) is 2.49. The third-order valence-electron chi connectivity index (χ3n) is 3.93. The van der Waals surface area contributed by atoms with Crippen LogP contribution in [0.1, 0.15) is 27.2 Å². The summed E-state index contributed by atoms with van der Waals surface area (Å²) in [6.45, 7) is 7.52. The number of benzene rings is 1. The molecule has 2 rings (SSSR count). The smallest absolute Gasteiger partial charge is 0.274 e. The molecule has 0 saturated carbocycles. The first-order valence-electron chi connectivity index (χ1n) is 7.66. The zero-order chi connectivity index (χ0) is 16.2. The van der Waals surface area contributed by atoms with E-state index in [1.54, 1.807) is 13.3 Å². The molecule has 0 aliphatic carbocycles. The maximum Gasteiger partial charge on any atom is 0.274 e. The minimum atomic E-state index is -0.148. The Labute approximate surface area is 131 Å². The molecule has 0 saturated heterocycles. The SMILES string of the molecule is COC(C)(C)C[C@@H](C)NCCn1ncc2ccccc2c1=O. The standard InChI is InChI=1S/C17H25N3O2/c1-13(11-17(2,3)22-4)18-9-10-20-16(21)15-8-6-5-7-14(15)12-19-20/h5-8,12-13,18H,9-11H2,1-4H3/t13-/m1/s1. The first-order chi connectivity index (χ1) is 10.4. The summed E-state index contributed by atoms with van der Waals surface area (Å²) < 4.78 is 6.95. The van der Waals surface area contributed by atoms with E-state index in [9.17, 15) is 4.79 Å². The van der Waals surface area contributed by atoms with Crippen molar-refractivity contribution in [2.24, 2.45) is 0 Å². The van der Waals surface area contributed by atoms with Crippen LogP contribution in [0.5, 0.6) is 0 Å². The van der Waals surface area contributed by atoms with Gasteiger partial charge < -0.3 is 10.1 Å². The highest BCUT2D eigenvalue weighted by Crippen LogP contribution is 2.15. The van der Waals surface area contributed by atoms with E-state index in [-0.39, 0.29) is 11.2 Å². The summed E-state index contributed by atoms with van der Waals surface area (Å²) in [6, 6.07) is 7.84. The van der Waals surface area contributed by atoms with Gasteiger partial charge in [-0.1, -0.05) is 18.2 Å². The molecular formula is C17H25N3O2. The Morgan fingerprint density at radius 1 is 1.36 bits per heavy atom. The molecular weight excluding hydrogens is 278 g/mol. The van der Waals surface area contributed by atoms with Crippen molar-refractivity contribution >= 4 is 10.8 Å². The van der Waals surface area contributed by atoms with Gasteiger partial charge in [0, 0.05) is 25.1 Å². The summed E-state index contributed by atoms with van der Waals surface area (Å²) in [5.41, 5.74) is -0.186. The van der Waals surface area contributed by atoms with Gasteiger partial charge in [-0.3, -0.25) is 4.79 Å². The third kappa shape index (κ3) is 4.15. The summed E-state index contributed by atoms with van der Waals surface area (Å²) in [6.07, 6.45) is 2.65. The molecule has 5 heteroatoms. The highest BCUT2D eigenvalue weighted by molar-refractivity contribution is 5.80. The Kier molecular flexibility index (Phi) is 5.32. The van der Waals surface area contributed by atoms with E-state index < -0.39 is 0 Å². The lowest BCUT2D eigenvalue weighted by atomic mass is 10.00. The lowest BCUT2D eigenvalue weighted by Gasteiger charge is -2.27. The number of methoxy groups -OCH3 is 1. The summed E-state index contributed by atoms with van der Waals surface area (Å²) >= 11 is 0. The fourth-order valence-electron chi connectivity index (χ4n) is 2.60. The molecule has 0 fully saturated rings.